The first-order chi connectivity index (χ1) is 13.9. The Labute approximate surface area is 169 Å². The van der Waals surface area contributed by atoms with Crippen LogP contribution in [-0.4, -0.2) is 41.3 Å². The van der Waals surface area contributed by atoms with Crippen molar-refractivity contribution >= 4 is 28.9 Å². The fourth-order valence-corrected chi connectivity index (χ4v) is 3.03. The van der Waals surface area contributed by atoms with Crippen LogP contribution in [0.25, 0.3) is 0 Å². The van der Waals surface area contributed by atoms with Crippen molar-refractivity contribution in [3.63, 3.8) is 0 Å². The van der Waals surface area contributed by atoms with E-state index in [0.717, 1.165) is 24.8 Å². The molecule has 2 aromatic rings. The highest BCUT2D eigenvalue weighted by Crippen LogP contribution is 2.31. The largest absolute Gasteiger partial charge is 0.377 e. The lowest BCUT2D eigenvalue weighted by molar-refractivity contribution is -0.384. The average Bonchev–Trinajstić information content (AvgIpc) is 3.51. The van der Waals surface area contributed by atoms with E-state index in [1.165, 1.54) is 18.0 Å². The second kappa shape index (κ2) is 8.72. The fourth-order valence-electron chi connectivity index (χ4n) is 3.03. The van der Waals surface area contributed by atoms with E-state index in [1.54, 1.807) is 12.1 Å². The number of likely N-dealkylation sites (N-methyl/N-ethyl adjacent to an activating group) is 1. The summed E-state index contributed by atoms with van der Waals surface area (Å²) >= 11 is 0. The Morgan fingerprint density at radius 3 is 2.55 bits per heavy atom. The maximum Gasteiger partial charge on any atom is 0.293 e. The molecular weight excluding hydrogens is 372 g/mol. The topological polar surface area (TPSA) is 105 Å². The van der Waals surface area contributed by atoms with Gasteiger partial charge in [0.1, 0.15) is 5.69 Å². The average molecular weight is 396 g/mol. The van der Waals surface area contributed by atoms with Crippen LogP contribution in [0.5, 0.6) is 0 Å². The Hall–Kier alpha value is -3.42. The Morgan fingerprint density at radius 1 is 1.17 bits per heavy atom. The van der Waals surface area contributed by atoms with Crippen LogP contribution in [0.2, 0.25) is 0 Å². The molecule has 1 fully saturated rings. The summed E-state index contributed by atoms with van der Waals surface area (Å²) < 4.78 is 0. The minimum absolute atomic E-state index is 0.141. The van der Waals surface area contributed by atoms with Gasteiger partial charge < -0.3 is 15.5 Å². The monoisotopic (exact) mass is 396 g/mol. The van der Waals surface area contributed by atoms with Gasteiger partial charge in [0.25, 0.3) is 11.6 Å². The summed E-state index contributed by atoms with van der Waals surface area (Å²) in [6, 6.07) is 12.1. The van der Waals surface area contributed by atoms with Crippen LogP contribution in [0.1, 0.15) is 35.7 Å². The van der Waals surface area contributed by atoms with Gasteiger partial charge in [0.15, 0.2) is 0 Å². The number of nitro benzene ring substituents is 1. The lowest BCUT2D eigenvalue weighted by Gasteiger charge is -2.18. The predicted molar refractivity (Wildman–Crippen MR) is 111 cm³/mol. The van der Waals surface area contributed by atoms with E-state index in [1.807, 2.05) is 31.2 Å². The lowest BCUT2D eigenvalue weighted by atomic mass is 10.1. The molecule has 1 aliphatic carbocycles. The number of rotatable bonds is 8. The van der Waals surface area contributed by atoms with E-state index in [0.29, 0.717) is 11.4 Å². The number of nitrogens with zero attached hydrogens (tertiary/aromatic N) is 2. The molecule has 152 valence electrons. The molecule has 29 heavy (non-hydrogen) atoms. The third-order valence-electron chi connectivity index (χ3n) is 4.78. The number of carbonyl (C=O) groups is 2. The van der Waals surface area contributed by atoms with Crippen molar-refractivity contribution in [1.29, 1.82) is 0 Å². The molecule has 3 rings (SSSR count). The molecule has 1 saturated carbocycles. The summed E-state index contributed by atoms with van der Waals surface area (Å²) in [6.07, 6.45) is 2.74. The molecule has 2 amide bonds. The van der Waals surface area contributed by atoms with Gasteiger partial charge in [-0.2, -0.15) is 0 Å². The van der Waals surface area contributed by atoms with Gasteiger partial charge in [0.2, 0.25) is 5.91 Å². The molecule has 8 nitrogen and oxygen atoms in total. The standard InChI is InChI=1S/C21H24N4O4/c1-3-14-6-4-5-7-17(14)23-20(26)13-24(2)21(27)15-8-11-18(22-16-9-10-16)19(12-15)25(28)29/h4-8,11-12,16,22H,3,9-10,13H2,1-2H3,(H,23,26). The normalized spacial score (nSPS) is 12.9. The number of aryl methyl sites for hydroxylation is 1. The molecule has 0 atom stereocenters. The predicted octanol–water partition coefficient (Wildman–Crippen LogP) is 3.44. The number of nitrogens with one attached hydrogen (secondary N) is 2. The van der Waals surface area contributed by atoms with Gasteiger partial charge >= 0.3 is 0 Å². The Kier molecular flexibility index (Phi) is 6.11. The molecule has 8 heteroatoms. The highest BCUT2D eigenvalue weighted by atomic mass is 16.6. The van der Waals surface area contributed by atoms with E-state index in [9.17, 15) is 19.7 Å². The summed E-state index contributed by atoms with van der Waals surface area (Å²) in [5, 5.41) is 17.3. The van der Waals surface area contributed by atoms with Crippen molar-refractivity contribution < 1.29 is 14.5 Å². The molecule has 0 aromatic heterocycles. The molecule has 0 saturated heterocycles. The summed E-state index contributed by atoms with van der Waals surface area (Å²) in [5.74, 6) is -0.784. The molecule has 0 radical (unpaired) electrons. The zero-order valence-corrected chi connectivity index (χ0v) is 16.5. The molecule has 1 aliphatic rings. The zero-order chi connectivity index (χ0) is 21.0. The molecule has 0 spiro atoms. The summed E-state index contributed by atoms with van der Waals surface area (Å²) in [7, 11) is 1.50. The van der Waals surface area contributed by atoms with Crippen LogP contribution in [-0.2, 0) is 11.2 Å². The fraction of sp³-hybridized carbons (Fsp3) is 0.333. The second-order valence-electron chi connectivity index (χ2n) is 7.13. The van der Waals surface area contributed by atoms with Crippen LogP contribution in [0, 0.1) is 10.1 Å². The number of carbonyl (C=O) groups excluding carboxylic acids is 2. The highest BCUT2D eigenvalue weighted by molar-refractivity contribution is 6.00. The number of nitro groups is 1. The van der Waals surface area contributed by atoms with Gasteiger partial charge in [-0.05, 0) is 43.0 Å². The van der Waals surface area contributed by atoms with E-state index in [-0.39, 0.29) is 29.7 Å². The Morgan fingerprint density at radius 2 is 1.90 bits per heavy atom. The lowest BCUT2D eigenvalue weighted by Crippen LogP contribution is -2.35. The van der Waals surface area contributed by atoms with E-state index in [2.05, 4.69) is 10.6 Å². The van der Waals surface area contributed by atoms with Gasteiger partial charge in [0, 0.05) is 30.4 Å². The molecule has 2 N–H and O–H groups in total. The summed E-state index contributed by atoms with van der Waals surface area (Å²) in [6.45, 7) is 1.84. The number of hydrogen-bond acceptors (Lipinski definition) is 5. The van der Waals surface area contributed by atoms with Gasteiger partial charge in [-0.3, -0.25) is 19.7 Å². The Balaban J connectivity index is 1.68. The zero-order valence-electron chi connectivity index (χ0n) is 16.5. The molecule has 0 heterocycles. The van der Waals surface area contributed by atoms with Crippen LogP contribution in [0.3, 0.4) is 0 Å². The van der Waals surface area contributed by atoms with Crippen molar-refractivity contribution in [1.82, 2.24) is 4.90 Å². The van der Waals surface area contributed by atoms with Crippen LogP contribution in [0.15, 0.2) is 42.5 Å². The second-order valence-corrected chi connectivity index (χ2v) is 7.13. The van der Waals surface area contributed by atoms with Crippen LogP contribution < -0.4 is 10.6 Å². The van der Waals surface area contributed by atoms with Gasteiger partial charge in [-0.1, -0.05) is 25.1 Å². The van der Waals surface area contributed by atoms with E-state index < -0.39 is 10.8 Å². The minimum atomic E-state index is -0.504. The Bertz CT molecular complexity index is 940. The van der Waals surface area contributed by atoms with Crippen molar-refractivity contribution in [3.8, 4) is 0 Å². The van der Waals surface area contributed by atoms with Crippen LogP contribution >= 0.6 is 0 Å². The molecule has 2 aromatic carbocycles. The maximum atomic E-state index is 12.7. The smallest absolute Gasteiger partial charge is 0.293 e. The molecule has 0 unspecified atom stereocenters. The van der Waals surface area contributed by atoms with E-state index >= 15 is 0 Å². The van der Waals surface area contributed by atoms with Gasteiger partial charge in [-0.25, -0.2) is 0 Å². The maximum absolute atomic E-state index is 12.7. The number of benzene rings is 2. The number of hydrogen-bond donors (Lipinski definition) is 2. The van der Waals surface area contributed by atoms with Crippen LogP contribution in [0.4, 0.5) is 17.1 Å². The number of para-hydroxylation sites is 1. The summed E-state index contributed by atoms with van der Waals surface area (Å²) in [4.78, 5) is 37.2. The van der Waals surface area contributed by atoms with Crippen molar-refractivity contribution in [2.45, 2.75) is 32.2 Å². The minimum Gasteiger partial charge on any atom is -0.377 e. The third kappa shape index (κ3) is 5.10. The SMILES string of the molecule is CCc1ccccc1NC(=O)CN(C)C(=O)c1ccc(NC2CC2)c([N+](=O)[O-])c1. The highest BCUT2D eigenvalue weighted by Gasteiger charge is 2.26. The molecule has 0 bridgehead atoms. The van der Waals surface area contributed by atoms with Crippen molar-refractivity contribution in [3.05, 3.63) is 63.7 Å². The first-order valence-electron chi connectivity index (χ1n) is 9.57. The number of amides is 2. The van der Waals surface area contributed by atoms with Gasteiger partial charge in [-0.15, -0.1) is 0 Å². The molecular formula is C21H24N4O4. The van der Waals surface area contributed by atoms with Gasteiger partial charge in [0.05, 0.1) is 11.5 Å². The van der Waals surface area contributed by atoms with E-state index in [4.69, 9.17) is 0 Å². The quantitative estimate of drug-likeness (QED) is 0.525. The third-order valence-corrected chi connectivity index (χ3v) is 4.78. The first kappa shape index (κ1) is 20.3. The molecule has 0 aliphatic heterocycles. The first-order valence-corrected chi connectivity index (χ1v) is 9.57. The number of anilines is 2. The van der Waals surface area contributed by atoms with Crippen molar-refractivity contribution in [2.75, 3.05) is 24.2 Å². The summed E-state index contributed by atoms with van der Waals surface area (Å²) in [5.41, 5.74) is 2.15. The van der Waals surface area contributed by atoms with Crippen molar-refractivity contribution in [2.24, 2.45) is 0 Å².